The van der Waals surface area contributed by atoms with E-state index in [4.69, 9.17) is 9.47 Å². The van der Waals surface area contributed by atoms with E-state index >= 15 is 0 Å². The highest BCUT2D eigenvalue weighted by molar-refractivity contribution is 6.09. The van der Waals surface area contributed by atoms with Crippen molar-refractivity contribution in [2.24, 2.45) is 0 Å². The lowest BCUT2D eigenvalue weighted by molar-refractivity contribution is 0.101. The Morgan fingerprint density at radius 3 is 2.46 bits per heavy atom. The van der Waals surface area contributed by atoms with Crippen LogP contribution in [0.15, 0.2) is 42.5 Å². The molecular weight excluding hydrogens is 330 g/mol. The zero-order valence-corrected chi connectivity index (χ0v) is 15.5. The van der Waals surface area contributed by atoms with Gasteiger partial charge in [0.2, 0.25) is 0 Å². The van der Waals surface area contributed by atoms with E-state index in [1.54, 1.807) is 42.5 Å². The van der Waals surface area contributed by atoms with Crippen LogP contribution >= 0.6 is 0 Å². The predicted molar refractivity (Wildman–Crippen MR) is 102 cm³/mol. The molecule has 0 aliphatic heterocycles. The van der Waals surface area contributed by atoms with E-state index in [0.29, 0.717) is 41.5 Å². The number of benzene rings is 2. The van der Waals surface area contributed by atoms with Gasteiger partial charge in [0.1, 0.15) is 0 Å². The normalized spacial score (nSPS) is 10.3. The van der Waals surface area contributed by atoms with Gasteiger partial charge in [0.15, 0.2) is 17.3 Å². The third-order valence-corrected chi connectivity index (χ3v) is 3.82. The number of nitrogens with one attached hydrogen (secondary N) is 1. The predicted octanol–water partition coefficient (Wildman–Crippen LogP) is 4.72. The monoisotopic (exact) mass is 355 g/mol. The first-order valence-corrected chi connectivity index (χ1v) is 8.87. The van der Waals surface area contributed by atoms with E-state index in [2.05, 4.69) is 12.2 Å². The maximum absolute atomic E-state index is 12.6. The van der Waals surface area contributed by atoms with Crippen molar-refractivity contribution in [3.63, 3.8) is 0 Å². The van der Waals surface area contributed by atoms with E-state index in [9.17, 15) is 9.59 Å². The number of carbonyl (C=O) groups is 2. The lowest BCUT2D eigenvalue weighted by Gasteiger charge is -2.14. The summed E-state index contributed by atoms with van der Waals surface area (Å²) in [6, 6.07) is 12.0. The number of hydrogen-bond acceptors (Lipinski definition) is 4. The molecule has 1 amide bonds. The number of Topliss-reactive ketones (excluding diaryl/α,β-unsaturated/α-hetero) is 1. The van der Waals surface area contributed by atoms with Gasteiger partial charge in [0.25, 0.3) is 5.91 Å². The number of carbonyl (C=O) groups excluding carboxylic acids is 2. The van der Waals surface area contributed by atoms with Crippen LogP contribution in [0.1, 0.15) is 54.3 Å². The van der Waals surface area contributed by atoms with Crippen molar-refractivity contribution in [1.29, 1.82) is 0 Å². The summed E-state index contributed by atoms with van der Waals surface area (Å²) >= 11 is 0. The number of hydrogen-bond donors (Lipinski definition) is 1. The van der Waals surface area contributed by atoms with Crippen LogP contribution in [0.4, 0.5) is 5.69 Å². The van der Waals surface area contributed by atoms with Gasteiger partial charge in [0.05, 0.1) is 18.9 Å². The SMILES string of the molecule is CCCCOc1ccc(C(=O)Nc2ccccc2C(C)=O)cc1OCC. The summed E-state index contributed by atoms with van der Waals surface area (Å²) in [4.78, 5) is 24.3. The minimum Gasteiger partial charge on any atom is -0.490 e. The van der Waals surface area contributed by atoms with Gasteiger partial charge in [-0.1, -0.05) is 25.5 Å². The average Bonchev–Trinajstić information content (AvgIpc) is 2.63. The van der Waals surface area contributed by atoms with Crippen LogP contribution in [0.3, 0.4) is 0 Å². The van der Waals surface area contributed by atoms with E-state index < -0.39 is 0 Å². The van der Waals surface area contributed by atoms with Crippen molar-refractivity contribution in [2.45, 2.75) is 33.6 Å². The number of ether oxygens (including phenoxy) is 2. The quantitative estimate of drug-likeness (QED) is 0.522. The summed E-state index contributed by atoms with van der Waals surface area (Å²) in [5.41, 5.74) is 1.41. The van der Waals surface area contributed by atoms with Crippen LogP contribution in [0.5, 0.6) is 11.5 Å². The Balaban J connectivity index is 2.21. The van der Waals surface area contributed by atoms with Crippen LogP contribution < -0.4 is 14.8 Å². The van der Waals surface area contributed by atoms with Crippen LogP contribution in [-0.4, -0.2) is 24.9 Å². The molecule has 5 nitrogen and oxygen atoms in total. The molecule has 0 aliphatic carbocycles. The van der Waals surface area contributed by atoms with Crippen LogP contribution in [0.25, 0.3) is 0 Å². The zero-order chi connectivity index (χ0) is 18.9. The van der Waals surface area contributed by atoms with Crippen LogP contribution in [-0.2, 0) is 0 Å². The average molecular weight is 355 g/mol. The first-order chi connectivity index (χ1) is 12.6. The van der Waals surface area contributed by atoms with E-state index in [-0.39, 0.29) is 11.7 Å². The summed E-state index contributed by atoms with van der Waals surface area (Å²) < 4.78 is 11.3. The lowest BCUT2D eigenvalue weighted by Crippen LogP contribution is -2.14. The molecule has 26 heavy (non-hydrogen) atoms. The largest absolute Gasteiger partial charge is 0.490 e. The summed E-state index contributed by atoms with van der Waals surface area (Å²) in [6.45, 7) is 6.53. The van der Waals surface area contributed by atoms with Gasteiger partial charge in [-0.3, -0.25) is 9.59 Å². The van der Waals surface area contributed by atoms with Crippen molar-refractivity contribution in [2.75, 3.05) is 18.5 Å². The van der Waals surface area contributed by atoms with Gasteiger partial charge >= 0.3 is 0 Å². The van der Waals surface area contributed by atoms with E-state index in [0.717, 1.165) is 12.8 Å². The zero-order valence-electron chi connectivity index (χ0n) is 15.5. The molecule has 0 unspecified atom stereocenters. The minimum atomic E-state index is -0.306. The summed E-state index contributed by atoms with van der Waals surface area (Å²) in [7, 11) is 0. The molecule has 138 valence electrons. The Morgan fingerprint density at radius 2 is 1.77 bits per heavy atom. The fraction of sp³-hybridized carbons (Fsp3) is 0.333. The minimum absolute atomic E-state index is 0.101. The van der Waals surface area contributed by atoms with E-state index in [1.165, 1.54) is 6.92 Å². The molecule has 0 saturated heterocycles. The second kappa shape index (κ2) is 9.61. The third-order valence-electron chi connectivity index (χ3n) is 3.82. The molecule has 2 aromatic rings. The maximum Gasteiger partial charge on any atom is 0.255 e. The third kappa shape index (κ3) is 5.09. The van der Waals surface area contributed by atoms with Gasteiger partial charge in [-0.15, -0.1) is 0 Å². The Morgan fingerprint density at radius 1 is 1.00 bits per heavy atom. The number of amides is 1. The molecule has 0 fully saturated rings. The fourth-order valence-corrected chi connectivity index (χ4v) is 2.46. The first-order valence-electron chi connectivity index (χ1n) is 8.87. The van der Waals surface area contributed by atoms with Gasteiger partial charge in [-0.2, -0.15) is 0 Å². The molecule has 0 radical (unpaired) electrons. The number of rotatable bonds is 9. The van der Waals surface area contributed by atoms with Gasteiger partial charge in [-0.25, -0.2) is 0 Å². The number of anilines is 1. The molecule has 0 saturated carbocycles. The first kappa shape index (κ1) is 19.5. The Kier molecular flexibility index (Phi) is 7.21. The summed E-state index contributed by atoms with van der Waals surface area (Å²) in [5, 5.41) is 2.79. The van der Waals surface area contributed by atoms with Crippen LogP contribution in [0.2, 0.25) is 0 Å². The second-order valence-corrected chi connectivity index (χ2v) is 5.85. The molecule has 0 aromatic heterocycles. The molecule has 0 atom stereocenters. The smallest absolute Gasteiger partial charge is 0.255 e. The highest BCUT2D eigenvalue weighted by Gasteiger charge is 2.14. The van der Waals surface area contributed by atoms with Gasteiger partial charge in [0, 0.05) is 11.1 Å². The standard InChI is InChI=1S/C21H25NO4/c1-4-6-13-26-19-12-11-16(14-20(19)25-5-2)21(24)22-18-10-8-7-9-17(18)15(3)23/h7-12,14H,4-6,13H2,1-3H3,(H,22,24). The molecule has 0 heterocycles. The van der Waals surface area contributed by atoms with Gasteiger partial charge in [-0.05, 0) is 50.6 Å². The lowest BCUT2D eigenvalue weighted by atomic mass is 10.1. The van der Waals surface area contributed by atoms with Crippen molar-refractivity contribution in [1.82, 2.24) is 0 Å². The van der Waals surface area contributed by atoms with E-state index in [1.807, 2.05) is 6.92 Å². The molecular formula is C21H25NO4. The summed E-state index contributed by atoms with van der Waals surface area (Å²) in [5.74, 6) is 0.757. The highest BCUT2D eigenvalue weighted by atomic mass is 16.5. The van der Waals surface area contributed by atoms with Crippen molar-refractivity contribution in [3.05, 3.63) is 53.6 Å². The number of unbranched alkanes of at least 4 members (excludes halogenated alkanes) is 1. The molecule has 1 N–H and O–H groups in total. The Bertz CT molecular complexity index is 770. The highest BCUT2D eigenvalue weighted by Crippen LogP contribution is 2.29. The summed E-state index contributed by atoms with van der Waals surface area (Å²) in [6.07, 6.45) is 2.00. The molecule has 2 aromatic carbocycles. The van der Waals surface area contributed by atoms with Crippen molar-refractivity contribution in [3.8, 4) is 11.5 Å². The number of para-hydroxylation sites is 1. The van der Waals surface area contributed by atoms with Gasteiger partial charge < -0.3 is 14.8 Å². The fourth-order valence-electron chi connectivity index (χ4n) is 2.46. The molecule has 0 aliphatic rings. The maximum atomic E-state index is 12.6. The second-order valence-electron chi connectivity index (χ2n) is 5.85. The van der Waals surface area contributed by atoms with Crippen molar-refractivity contribution >= 4 is 17.4 Å². The molecule has 0 spiro atoms. The molecule has 2 rings (SSSR count). The number of ketones is 1. The topological polar surface area (TPSA) is 64.6 Å². The molecule has 0 bridgehead atoms. The van der Waals surface area contributed by atoms with Crippen LogP contribution in [0, 0.1) is 0 Å². The molecule has 5 heteroatoms. The Hall–Kier alpha value is -2.82. The Labute approximate surface area is 154 Å². The van der Waals surface area contributed by atoms with Crippen molar-refractivity contribution < 1.29 is 19.1 Å².